The van der Waals surface area contributed by atoms with Crippen molar-refractivity contribution >= 4 is 23.4 Å². The average Bonchev–Trinajstić information content (AvgIpc) is 3.19. The lowest BCUT2D eigenvalue weighted by molar-refractivity contribution is -0.121. The van der Waals surface area contributed by atoms with Crippen LogP contribution in [0.25, 0.3) is 0 Å². The largest absolute Gasteiger partial charge is 0.455 e. The van der Waals surface area contributed by atoms with Gasteiger partial charge in [0.25, 0.3) is 0 Å². The lowest BCUT2D eigenvalue weighted by Crippen LogP contribution is -2.42. The molecule has 1 aromatic heterocycles. The van der Waals surface area contributed by atoms with Crippen LogP contribution in [0.15, 0.2) is 70.2 Å². The molecule has 3 aromatic rings. The zero-order valence-electron chi connectivity index (χ0n) is 18.9. The molecule has 0 radical (unpaired) electrons. The molecule has 8 heteroatoms. The Hall–Kier alpha value is -4.20. The van der Waals surface area contributed by atoms with Gasteiger partial charge in [-0.3, -0.25) is 25.2 Å². The molecule has 0 saturated heterocycles. The minimum Gasteiger partial charge on any atom is -0.455 e. The number of fused-ring (bicyclic) bond motifs is 1. The maximum atomic E-state index is 12.7. The number of nitrogens with one attached hydrogen (secondary N) is 3. The molecule has 3 N–H and O–H groups in total. The number of nitrogens with zero attached hydrogens (tertiary/aromatic N) is 1. The van der Waals surface area contributed by atoms with Gasteiger partial charge in [-0.25, -0.2) is 5.43 Å². The highest BCUT2D eigenvalue weighted by Crippen LogP contribution is 2.29. The number of aryl methyl sites for hydroxylation is 1. The van der Waals surface area contributed by atoms with Gasteiger partial charge in [-0.05, 0) is 30.9 Å². The van der Waals surface area contributed by atoms with Gasteiger partial charge in [-0.1, -0.05) is 60.7 Å². The third kappa shape index (κ3) is 5.58. The molecule has 0 atom stereocenters. The van der Waals surface area contributed by atoms with Gasteiger partial charge < -0.3 is 4.42 Å². The highest BCUT2D eigenvalue weighted by Gasteiger charge is 2.28. The van der Waals surface area contributed by atoms with Crippen LogP contribution in [0.1, 0.15) is 51.4 Å². The predicted octanol–water partition coefficient (Wildman–Crippen LogP) is 2.99. The van der Waals surface area contributed by atoms with Gasteiger partial charge in [0.05, 0.1) is 18.6 Å². The monoisotopic (exact) mass is 458 g/mol. The molecule has 34 heavy (non-hydrogen) atoms. The summed E-state index contributed by atoms with van der Waals surface area (Å²) < 4.78 is 5.83. The number of hydrogen-bond acceptors (Lipinski definition) is 5. The van der Waals surface area contributed by atoms with Crippen molar-refractivity contribution in [2.24, 2.45) is 5.10 Å². The van der Waals surface area contributed by atoms with Crippen molar-refractivity contribution in [3.8, 4) is 0 Å². The molecule has 0 spiro atoms. The highest BCUT2D eigenvalue weighted by atomic mass is 16.4. The Morgan fingerprint density at radius 3 is 2.12 bits per heavy atom. The summed E-state index contributed by atoms with van der Waals surface area (Å²) in [7, 11) is 0. The molecule has 1 aliphatic rings. The van der Waals surface area contributed by atoms with Crippen molar-refractivity contribution in [2.45, 2.75) is 39.0 Å². The van der Waals surface area contributed by atoms with E-state index in [2.05, 4.69) is 21.4 Å². The van der Waals surface area contributed by atoms with Crippen molar-refractivity contribution in [1.82, 2.24) is 16.3 Å². The van der Waals surface area contributed by atoms with E-state index in [9.17, 15) is 14.4 Å². The summed E-state index contributed by atoms with van der Waals surface area (Å²) in [6.07, 6.45) is 2.50. The van der Waals surface area contributed by atoms with E-state index in [0.29, 0.717) is 29.9 Å². The number of rotatable bonds is 6. The quantitative estimate of drug-likeness (QED) is 0.493. The number of benzene rings is 2. The fraction of sp³-hybridized carbons (Fsp3) is 0.231. The van der Waals surface area contributed by atoms with Gasteiger partial charge in [0.1, 0.15) is 5.76 Å². The lowest BCUT2D eigenvalue weighted by atomic mass is 9.93. The van der Waals surface area contributed by atoms with Crippen molar-refractivity contribution < 1.29 is 18.8 Å². The molecule has 8 nitrogen and oxygen atoms in total. The summed E-state index contributed by atoms with van der Waals surface area (Å²) in [5.41, 5.74) is 11.3. The Morgan fingerprint density at radius 1 is 0.853 bits per heavy atom. The van der Waals surface area contributed by atoms with E-state index < -0.39 is 5.91 Å². The Balaban J connectivity index is 1.40. The van der Waals surface area contributed by atoms with Crippen LogP contribution in [0.2, 0.25) is 0 Å². The summed E-state index contributed by atoms with van der Waals surface area (Å²) in [6.45, 7) is 1.77. The fourth-order valence-electron chi connectivity index (χ4n) is 3.96. The maximum Gasteiger partial charge on any atom is 0.305 e. The van der Waals surface area contributed by atoms with Crippen LogP contribution in [0.5, 0.6) is 0 Å². The second-order valence-corrected chi connectivity index (χ2v) is 8.13. The lowest BCUT2D eigenvalue weighted by Gasteiger charge is -2.13. The van der Waals surface area contributed by atoms with E-state index >= 15 is 0 Å². The molecule has 0 fully saturated rings. The molecule has 1 aliphatic carbocycles. The number of carbonyl (C=O) groups is 3. The molecule has 3 amide bonds. The average molecular weight is 459 g/mol. The summed E-state index contributed by atoms with van der Waals surface area (Å²) in [5.74, 6) is -0.320. The summed E-state index contributed by atoms with van der Waals surface area (Å²) in [5, 5.41) is 4.33. The van der Waals surface area contributed by atoms with Crippen LogP contribution < -0.4 is 16.3 Å². The molecule has 0 bridgehead atoms. The Labute approximate surface area is 197 Å². The number of hydrogen-bond donors (Lipinski definition) is 3. The van der Waals surface area contributed by atoms with Crippen molar-refractivity contribution in [2.75, 3.05) is 0 Å². The van der Waals surface area contributed by atoms with E-state index in [1.165, 1.54) is 0 Å². The first-order valence-corrected chi connectivity index (χ1v) is 11.2. The van der Waals surface area contributed by atoms with Gasteiger partial charge >= 0.3 is 5.91 Å². The number of furan rings is 1. The van der Waals surface area contributed by atoms with Crippen molar-refractivity contribution in [3.63, 3.8) is 0 Å². The molecular weight excluding hydrogens is 432 g/mol. The van der Waals surface area contributed by atoms with E-state index in [0.717, 1.165) is 23.1 Å². The maximum absolute atomic E-state index is 12.7. The van der Waals surface area contributed by atoms with Gasteiger partial charge in [0.15, 0.2) is 5.76 Å². The van der Waals surface area contributed by atoms with Gasteiger partial charge in [-0.15, -0.1) is 0 Å². The Bertz CT molecular complexity index is 1220. The molecule has 0 saturated carbocycles. The molecule has 174 valence electrons. The molecule has 0 unspecified atom stereocenters. The number of hydrazine groups is 1. The number of hydrazone groups is 1. The third-order valence-corrected chi connectivity index (χ3v) is 5.58. The summed E-state index contributed by atoms with van der Waals surface area (Å²) in [6, 6.07) is 18.7. The van der Waals surface area contributed by atoms with Crippen LogP contribution >= 0.6 is 0 Å². The molecule has 0 aliphatic heterocycles. The van der Waals surface area contributed by atoms with E-state index in [-0.39, 0.29) is 30.4 Å². The molecule has 1 heterocycles. The zero-order valence-corrected chi connectivity index (χ0v) is 18.9. The standard InChI is InChI=1S/C26H26N4O4/c1-17-24-20(27-28-22(31)15-18-9-4-2-5-10-18)13-8-14-21(24)34-25(17)26(33)30-29-23(32)16-19-11-6-3-7-12-19/h2-7,9-12H,8,13-16H2,1H3,(H,28,31)(H,29,32)(H,30,33)/b27-20+. The minimum absolute atomic E-state index is 0.121. The van der Waals surface area contributed by atoms with E-state index in [4.69, 9.17) is 4.42 Å². The third-order valence-electron chi connectivity index (χ3n) is 5.58. The zero-order chi connectivity index (χ0) is 23.9. The first-order valence-electron chi connectivity index (χ1n) is 11.2. The van der Waals surface area contributed by atoms with E-state index in [1.807, 2.05) is 60.7 Å². The number of amides is 3. The highest BCUT2D eigenvalue weighted by molar-refractivity contribution is 6.06. The SMILES string of the molecule is Cc1c(C(=O)NNC(=O)Cc2ccccc2)oc2c1/C(=N/NC(=O)Cc1ccccc1)CCC2. The van der Waals surface area contributed by atoms with Crippen molar-refractivity contribution in [3.05, 3.63) is 94.4 Å². The first-order chi connectivity index (χ1) is 16.5. The topological polar surface area (TPSA) is 113 Å². The fourth-order valence-corrected chi connectivity index (χ4v) is 3.96. The second kappa shape index (κ2) is 10.6. The summed E-state index contributed by atoms with van der Waals surface area (Å²) in [4.78, 5) is 37.1. The molecular formula is C26H26N4O4. The van der Waals surface area contributed by atoms with Gasteiger partial charge in [-0.2, -0.15) is 5.10 Å². The summed E-state index contributed by atoms with van der Waals surface area (Å²) >= 11 is 0. The second-order valence-electron chi connectivity index (χ2n) is 8.13. The first kappa shape index (κ1) is 23.0. The predicted molar refractivity (Wildman–Crippen MR) is 127 cm³/mol. The van der Waals surface area contributed by atoms with Gasteiger partial charge in [0.2, 0.25) is 11.8 Å². The normalized spacial score (nSPS) is 13.7. The van der Waals surface area contributed by atoms with E-state index in [1.54, 1.807) is 6.92 Å². The smallest absolute Gasteiger partial charge is 0.305 e. The number of carbonyl (C=O) groups excluding carboxylic acids is 3. The Morgan fingerprint density at radius 2 is 1.47 bits per heavy atom. The Kier molecular flexibility index (Phi) is 7.17. The van der Waals surface area contributed by atoms with Crippen LogP contribution in [0, 0.1) is 6.92 Å². The van der Waals surface area contributed by atoms with Crippen LogP contribution in [0.4, 0.5) is 0 Å². The minimum atomic E-state index is -0.541. The molecule has 2 aromatic carbocycles. The van der Waals surface area contributed by atoms with Crippen molar-refractivity contribution in [1.29, 1.82) is 0 Å². The van der Waals surface area contributed by atoms with Crippen LogP contribution in [0.3, 0.4) is 0 Å². The van der Waals surface area contributed by atoms with Crippen LogP contribution in [-0.2, 0) is 28.9 Å². The molecule has 4 rings (SSSR count). The van der Waals surface area contributed by atoms with Gasteiger partial charge in [0, 0.05) is 17.5 Å². The van der Waals surface area contributed by atoms with Crippen LogP contribution in [-0.4, -0.2) is 23.4 Å².